The van der Waals surface area contributed by atoms with Crippen molar-refractivity contribution < 1.29 is 27.2 Å². The summed E-state index contributed by atoms with van der Waals surface area (Å²) in [5.74, 6) is -3.04. The van der Waals surface area contributed by atoms with E-state index in [0.29, 0.717) is 37.6 Å². The molecular weight excluding hydrogens is 554 g/mol. The van der Waals surface area contributed by atoms with Gasteiger partial charge < -0.3 is 14.3 Å². The summed E-state index contributed by atoms with van der Waals surface area (Å²) < 4.78 is 56.3. The minimum absolute atomic E-state index is 0. The van der Waals surface area contributed by atoms with E-state index in [-0.39, 0.29) is 37.0 Å². The van der Waals surface area contributed by atoms with Crippen molar-refractivity contribution in [3.63, 3.8) is 0 Å². The highest BCUT2D eigenvalue weighted by Gasteiger charge is 2.59. The van der Waals surface area contributed by atoms with Crippen LogP contribution in [0.5, 0.6) is 0 Å². The lowest BCUT2D eigenvalue weighted by Crippen LogP contribution is -2.49. The number of pyridine rings is 1. The zero-order valence-electron chi connectivity index (χ0n) is 21.3. The first-order chi connectivity index (χ1) is 18.1. The van der Waals surface area contributed by atoms with Gasteiger partial charge in [-0.2, -0.15) is 0 Å². The van der Waals surface area contributed by atoms with Crippen LogP contribution in [0.1, 0.15) is 22.5 Å². The fourth-order valence-electron chi connectivity index (χ4n) is 5.02. The first kappa shape index (κ1) is 27.4. The molecule has 3 aromatic rings. The second-order valence-corrected chi connectivity index (χ2v) is 11.9. The Hall–Kier alpha value is -3.13. The maximum absolute atomic E-state index is 13.6. The van der Waals surface area contributed by atoms with Crippen molar-refractivity contribution in [1.82, 2.24) is 15.0 Å². The van der Waals surface area contributed by atoms with Crippen LogP contribution in [0.2, 0.25) is 0 Å². The van der Waals surface area contributed by atoms with Crippen LogP contribution in [0, 0.1) is 12.8 Å². The summed E-state index contributed by atoms with van der Waals surface area (Å²) in [4.78, 5) is 21.3. The molecule has 1 aromatic carbocycles. The number of aryl methyl sites for hydroxylation is 1. The van der Waals surface area contributed by atoms with E-state index < -0.39 is 22.8 Å². The summed E-state index contributed by atoms with van der Waals surface area (Å²) in [7, 11) is -1.88. The number of halogens is 3. The van der Waals surface area contributed by atoms with Gasteiger partial charge in [-0.3, -0.25) is 22.5 Å². The Morgan fingerprint density at radius 3 is 2.49 bits per heavy atom. The van der Waals surface area contributed by atoms with Crippen LogP contribution >= 0.6 is 23.4 Å². The van der Waals surface area contributed by atoms with Crippen molar-refractivity contribution in [1.29, 1.82) is 0 Å². The van der Waals surface area contributed by atoms with Crippen LogP contribution in [0.15, 0.2) is 47.2 Å². The molecule has 14 heteroatoms. The Morgan fingerprint density at radius 1 is 1.13 bits per heavy atom. The Bertz CT molecular complexity index is 1390. The maximum Gasteiger partial charge on any atom is 0.276 e. The monoisotopic (exact) mass is 582 g/mol. The molecule has 1 aliphatic carbocycles. The molecule has 0 bridgehead atoms. The number of carbonyl (C=O) groups is 1. The Labute approximate surface area is 232 Å². The van der Waals surface area contributed by atoms with E-state index in [1.807, 2.05) is 31.2 Å². The predicted octanol–water partition coefficient (Wildman–Crippen LogP) is 4.92. The fraction of sp³-hybridized carbons (Fsp3) is 0.400. The van der Waals surface area contributed by atoms with E-state index in [4.69, 9.17) is 9.51 Å². The molecule has 1 saturated carbocycles. The van der Waals surface area contributed by atoms with Gasteiger partial charge in [-0.05, 0) is 41.6 Å². The highest BCUT2D eigenvalue weighted by molar-refractivity contribution is 8.26. The summed E-state index contributed by atoms with van der Waals surface area (Å²) in [5, 5.41) is 3.73. The van der Waals surface area contributed by atoms with Gasteiger partial charge in [0.2, 0.25) is 0 Å². The number of carbonyl (C=O) groups excluding carboxylic acids is 1. The van der Waals surface area contributed by atoms with E-state index in [1.165, 1.54) is 14.9 Å². The van der Waals surface area contributed by atoms with E-state index in [2.05, 4.69) is 10.1 Å². The number of hydrogen-bond acceptors (Lipinski definition) is 9. The average molecular weight is 583 g/mol. The molecule has 4 heterocycles. The second-order valence-electron chi connectivity index (χ2n) is 9.91. The van der Waals surface area contributed by atoms with Crippen LogP contribution in [0.25, 0.3) is 11.3 Å². The van der Waals surface area contributed by atoms with Crippen LogP contribution < -0.4 is 13.5 Å². The molecule has 0 spiro atoms. The lowest BCUT2D eigenvalue weighted by atomic mass is 10.0. The molecule has 3 aliphatic rings. The maximum atomic E-state index is 13.6. The number of benzene rings is 1. The molecule has 1 unspecified atom stereocenters. The van der Waals surface area contributed by atoms with Gasteiger partial charge >= 0.3 is 0 Å². The molecule has 10 nitrogen and oxygen atoms in total. The first-order valence-corrected chi connectivity index (χ1v) is 13.8. The number of fused-ring (bicyclic) bond motifs is 1. The highest BCUT2D eigenvalue weighted by atomic mass is 35.5. The largest absolute Gasteiger partial charge is 0.364 e. The Morgan fingerprint density at radius 2 is 1.85 bits per heavy atom. The summed E-state index contributed by atoms with van der Waals surface area (Å²) >= 11 is 0. The third-order valence-corrected chi connectivity index (χ3v) is 9.36. The van der Waals surface area contributed by atoms with Gasteiger partial charge in [0.05, 0.1) is 17.1 Å². The van der Waals surface area contributed by atoms with Crippen molar-refractivity contribution in [2.24, 2.45) is 5.92 Å². The van der Waals surface area contributed by atoms with Gasteiger partial charge in [-0.15, -0.1) is 12.4 Å². The van der Waals surface area contributed by atoms with Gasteiger partial charge in [0, 0.05) is 63.7 Å². The smallest absolute Gasteiger partial charge is 0.276 e. The normalized spacial score (nSPS) is 21.8. The third-order valence-electron chi connectivity index (χ3n) is 7.49. The Balaban J connectivity index is 0.00000308. The number of piperazine rings is 1. The molecule has 210 valence electrons. The zero-order chi connectivity index (χ0) is 26.8. The summed E-state index contributed by atoms with van der Waals surface area (Å²) in [6.45, 7) is 4.08. The van der Waals surface area contributed by atoms with Crippen LogP contribution in [-0.4, -0.2) is 75.7 Å². The molecule has 2 fully saturated rings. The van der Waals surface area contributed by atoms with E-state index in [1.54, 1.807) is 24.1 Å². The van der Waals surface area contributed by atoms with E-state index >= 15 is 0 Å². The van der Waals surface area contributed by atoms with Gasteiger partial charge in [0.25, 0.3) is 11.8 Å². The number of nitrogens with zero attached hydrogens (tertiary/aromatic N) is 6. The highest BCUT2D eigenvalue weighted by Crippen LogP contribution is 2.63. The van der Waals surface area contributed by atoms with E-state index in [0.717, 1.165) is 22.6 Å². The van der Waals surface area contributed by atoms with Crippen molar-refractivity contribution >= 4 is 46.5 Å². The fourth-order valence-corrected chi connectivity index (χ4v) is 6.53. The topological polar surface area (TPSA) is 109 Å². The lowest BCUT2D eigenvalue weighted by molar-refractivity contribution is 0.0736. The van der Waals surface area contributed by atoms with Crippen molar-refractivity contribution in [3.8, 4) is 11.3 Å². The molecule has 2 aromatic heterocycles. The molecular formula is C25H29ClF2N6O4S. The quantitative estimate of drug-likeness (QED) is 0.433. The predicted molar refractivity (Wildman–Crippen MR) is 148 cm³/mol. The number of amides is 1. The number of hydrogen-bond donors (Lipinski definition) is 2. The number of anilines is 3. The molecule has 0 radical (unpaired) electrons. The molecule has 39 heavy (non-hydrogen) atoms. The molecule has 1 atom stereocenters. The number of rotatable bonds is 5. The van der Waals surface area contributed by atoms with E-state index in [9.17, 15) is 22.7 Å². The second kappa shape index (κ2) is 9.81. The minimum atomic E-state index is -3.43. The Kier molecular flexibility index (Phi) is 6.90. The van der Waals surface area contributed by atoms with Crippen molar-refractivity contribution in [2.75, 3.05) is 53.3 Å². The molecule has 6 rings (SSSR count). The van der Waals surface area contributed by atoms with Crippen LogP contribution in [0.4, 0.5) is 26.0 Å². The molecule has 1 amide bonds. The number of aromatic nitrogens is 2. The van der Waals surface area contributed by atoms with Gasteiger partial charge in [-0.25, -0.2) is 13.8 Å². The van der Waals surface area contributed by atoms with Gasteiger partial charge in [0.15, 0.2) is 5.69 Å². The van der Waals surface area contributed by atoms with Crippen molar-refractivity contribution in [2.45, 2.75) is 19.3 Å². The third kappa shape index (κ3) is 4.77. The van der Waals surface area contributed by atoms with Crippen LogP contribution in [-0.2, 0) is 0 Å². The zero-order valence-corrected chi connectivity index (χ0v) is 23.0. The number of alkyl halides is 2. The molecule has 1 saturated heterocycles. The van der Waals surface area contributed by atoms with Gasteiger partial charge in [0.1, 0.15) is 12.1 Å². The average Bonchev–Trinajstić information content (AvgIpc) is 3.22. The molecule has 2 aliphatic heterocycles. The SMILES string of the molecule is Cc1ccc(N2CCN(C(=O)c3ccon3)CC2)nc1-c1ccc2c(c1)N(C)S(O)(O)N2CC1CC1(F)F.Cl. The summed E-state index contributed by atoms with van der Waals surface area (Å²) in [5.41, 5.74) is 3.82. The summed E-state index contributed by atoms with van der Waals surface area (Å²) in [6, 6.07) is 10.9. The lowest BCUT2D eigenvalue weighted by Gasteiger charge is -2.42. The molecule has 2 N–H and O–H groups in total. The minimum Gasteiger partial charge on any atom is -0.364 e. The first-order valence-electron chi connectivity index (χ1n) is 12.3. The van der Waals surface area contributed by atoms with Gasteiger partial charge in [-0.1, -0.05) is 17.3 Å². The summed E-state index contributed by atoms with van der Waals surface area (Å²) in [6.07, 6.45) is 1.14. The van der Waals surface area contributed by atoms with Crippen molar-refractivity contribution in [3.05, 3.63) is 53.9 Å². The van der Waals surface area contributed by atoms with Crippen LogP contribution in [0.3, 0.4) is 0 Å². The standard InChI is InChI=1S/C25H28F2N6O4S.ClH/c1-16-3-6-22(31-8-10-32(11-9-31)24(34)19-7-12-37-29-19)28-23(16)17-4-5-20-21(13-17)30(2)38(35,36)33(20)15-18-14-25(18,26)27;/h3-7,12-13,18,35-36H,8-11,14-15H2,1-2H3;1H.